The SMILES string of the molecule is CCCCNC(=O)N1CCCN(c2nc(Cc3ccc(C)cc3)nc3c2c(C)nn3-c2ccc(F)cc2)CC1. The van der Waals surface area contributed by atoms with Crippen LogP contribution in [-0.4, -0.2) is 63.4 Å². The van der Waals surface area contributed by atoms with Gasteiger partial charge in [0.25, 0.3) is 0 Å². The van der Waals surface area contributed by atoms with Crippen molar-refractivity contribution < 1.29 is 9.18 Å². The normalized spacial score (nSPS) is 14.1. The van der Waals surface area contributed by atoms with Crippen LogP contribution >= 0.6 is 0 Å². The monoisotopic (exact) mass is 529 g/mol. The lowest BCUT2D eigenvalue weighted by Gasteiger charge is -2.24. The first kappa shape index (κ1) is 26.6. The molecule has 9 heteroatoms. The highest BCUT2D eigenvalue weighted by molar-refractivity contribution is 5.91. The number of carbonyl (C=O) groups is 1. The van der Waals surface area contributed by atoms with Gasteiger partial charge in [-0.25, -0.2) is 23.8 Å². The Morgan fingerprint density at radius 3 is 2.49 bits per heavy atom. The summed E-state index contributed by atoms with van der Waals surface area (Å²) >= 11 is 0. The summed E-state index contributed by atoms with van der Waals surface area (Å²) in [4.78, 5) is 26.9. The highest BCUT2D eigenvalue weighted by Gasteiger charge is 2.25. The summed E-state index contributed by atoms with van der Waals surface area (Å²) in [5.41, 5.74) is 4.58. The highest BCUT2D eigenvalue weighted by Crippen LogP contribution is 2.30. The minimum absolute atomic E-state index is 0.00138. The van der Waals surface area contributed by atoms with E-state index in [-0.39, 0.29) is 11.8 Å². The smallest absolute Gasteiger partial charge is 0.317 e. The quantitative estimate of drug-likeness (QED) is 0.334. The number of halogens is 1. The summed E-state index contributed by atoms with van der Waals surface area (Å²) in [6.45, 7) is 9.60. The Morgan fingerprint density at radius 1 is 0.974 bits per heavy atom. The average molecular weight is 530 g/mol. The molecule has 1 saturated heterocycles. The topological polar surface area (TPSA) is 79.2 Å². The standard InChI is InChI=1S/C30H36FN7O/c1-4-5-15-32-30(39)37-17-6-16-36(18-19-37)28-27-22(3)35-38(25-13-11-24(31)12-14-25)29(27)34-26(33-28)20-23-9-7-21(2)8-10-23/h7-14H,4-6,15-20H2,1-3H3,(H,32,39). The second kappa shape index (κ2) is 11.8. The maximum atomic E-state index is 13.7. The fraction of sp³-hybridized carbons (Fsp3) is 0.400. The zero-order valence-corrected chi connectivity index (χ0v) is 23.0. The molecular formula is C30H36FN7O. The van der Waals surface area contributed by atoms with Gasteiger partial charge in [0.2, 0.25) is 0 Å². The summed E-state index contributed by atoms with van der Waals surface area (Å²) in [5.74, 6) is 1.24. The number of hydrogen-bond donors (Lipinski definition) is 1. The van der Waals surface area contributed by atoms with Gasteiger partial charge in [-0.15, -0.1) is 0 Å². The van der Waals surface area contributed by atoms with Gasteiger partial charge in [-0.2, -0.15) is 5.10 Å². The predicted octanol–water partition coefficient (Wildman–Crippen LogP) is 5.18. The van der Waals surface area contributed by atoms with E-state index in [9.17, 15) is 9.18 Å². The van der Waals surface area contributed by atoms with Crippen molar-refractivity contribution in [2.75, 3.05) is 37.6 Å². The molecule has 1 aliphatic rings. The van der Waals surface area contributed by atoms with E-state index in [0.717, 1.165) is 54.0 Å². The van der Waals surface area contributed by atoms with Gasteiger partial charge < -0.3 is 15.1 Å². The first-order valence-electron chi connectivity index (χ1n) is 13.8. The number of urea groups is 1. The molecule has 39 heavy (non-hydrogen) atoms. The number of hydrogen-bond acceptors (Lipinski definition) is 5. The Hall–Kier alpha value is -4.01. The molecule has 5 rings (SSSR count). The number of fused-ring (bicyclic) bond motifs is 1. The van der Waals surface area contributed by atoms with Crippen molar-refractivity contribution >= 4 is 22.9 Å². The van der Waals surface area contributed by atoms with Crippen molar-refractivity contribution in [3.8, 4) is 5.69 Å². The molecule has 0 aliphatic carbocycles. The summed E-state index contributed by atoms with van der Waals surface area (Å²) in [5, 5.41) is 8.73. The third-order valence-corrected chi connectivity index (χ3v) is 7.17. The number of aromatic nitrogens is 4. The zero-order chi connectivity index (χ0) is 27.4. The lowest BCUT2D eigenvalue weighted by atomic mass is 10.1. The molecular weight excluding hydrogens is 493 g/mol. The molecule has 1 N–H and O–H groups in total. The zero-order valence-electron chi connectivity index (χ0n) is 23.0. The van der Waals surface area contributed by atoms with Gasteiger partial charge in [-0.1, -0.05) is 43.2 Å². The van der Waals surface area contributed by atoms with Crippen LogP contribution < -0.4 is 10.2 Å². The number of carbonyl (C=O) groups excluding carboxylic acids is 1. The number of benzene rings is 2. The molecule has 204 valence electrons. The number of nitrogens with one attached hydrogen (secondary N) is 1. The lowest BCUT2D eigenvalue weighted by molar-refractivity contribution is 0.201. The summed E-state index contributed by atoms with van der Waals surface area (Å²) in [7, 11) is 0. The molecule has 0 radical (unpaired) electrons. The first-order chi connectivity index (χ1) is 18.9. The van der Waals surface area contributed by atoms with E-state index in [0.29, 0.717) is 44.1 Å². The van der Waals surface area contributed by atoms with Crippen molar-refractivity contribution in [2.45, 2.75) is 46.5 Å². The third kappa shape index (κ3) is 6.02. The molecule has 2 amide bonds. The number of anilines is 1. The minimum Gasteiger partial charge on any atom is -0.354 e. The molecule has 8 nitrogen and oxygen atoms in total. The molecule has 2 aromatic carbocycles. The Balaban J connectivity index is 1.51. The Kier molecular flexibility index (Phi) is 8.05. The Labute approximate surface area is 228 Å². The number of unbranched alkanes of at least 4 members (excludes halogenated alkanes) is 1. The molecule has 0 bridgehead atoms. The maximum absolute atomic E-state index is 13.7. The van der Waals surface area contributed by atoms with Crippen LogP contribution in [0, 0.1) is 19.7 Å². The molecule has 0 spiro atoms. The number of amides is 2. The van der Waals surface area contributed by atoms with Crippen LogP contribution in [0.1, 0.15) is 48.8 Å². The molecule has 0 atom stereocenters. The number of nitrogens with zero attached hydrogens (tertiary/aromatic N) is 6. The first-order valence-corrected chi connectivity index (χ1v) is 13.8. The molecule has 1 fully saturated rings. The van der Waals surface area contributed by atoms with E-state index in [4.69, 9.17) is 15.1 Å². The van der Waals surface area contributed by atoms with Crippen LogP contribution in [0.4, 0.5) is 15.0 Å². The fourth-order valence-corrected chi connectivity index (χ4v) is 4.98. The van der Waals surface area contributed by atoms with E-state index in [2.05, 4.69) is 48.3 Å². The van der Waals surface area contributed by atoms with Crippen LogP contribution in [0.3, 0.4) is 0 Å². The predicted molar refractivity (Wildman–Crippen MR) is 152 cm³/mol. The van der Waals surface area contributed by atoms with Crippen LogP contribution in [-0.2, 0) is 6.42 Å². The van der Waals surface area contributed by atoms with E-state index >= 15 is 0 Å². The van der Waals surface area contributed by atoms with Gasteiger partial charge in [0.15, 0.2) is 5.65 Å². The van der Waals surface area contributed by atoms with Gasteiger partial charge in [0.1, 0.15) is 17.5 Å². The summed E-state index contributed by atoms with van der Waals surface area (Å²) in [6, 6.07) is 14.7. The second-order valence-electron chi connectivity index (χ2n) is 10.2. The summed E-state index contributed by atoms with van der Waals surface area (Å²) in [6.07, 6.45) is 3.45. The lowest BCUT2D eigenvalue weighted by Crippen LogP contribution is -2.42. The van der Waals surface area contributed by atoms with Crippen molar-refractivity contribution in [3.05, 3.63) is 77.0 Å². The molecule has 2 aromatic heterocycles. The molecule has 4 aromatic rings. The van der Waals surface area contributed by atoms with Gasteiger partial charge in [0, 0.05) is 39.1 Å². The van der Waals surface area contributed by atoms with E-state index < -0.39 is 0 Å². The second-order valence-corrected chi connectivity index (χ2v) is 10.2. The van der Waals surface area contributed by atoms with Crippen LogP contribution in [0.15, 0.2) is 48.5 Å². The van der Waals surface area contributed by atoms with Crippen molar-refractivity contribution in [3.63, 3.8) is 0 Å². The highest BCUT2D eigenvalue weighted by atomic mass is 19.1. The Bertz CT molecular complexity index is 1430. The van der Waals surface area contributed by atoms with Crippen molar-refractivity contribution in [1.29, 1.82) is 0 Å². The van der Waals surface area contributed by atoms with E-state index in [1.807, 2.05) is 11.8 Å². The van der Waals surface area contributed by atoms with Gasteiger partial charge >= 0.3 is 6.03 Å². The Morgan fingerprint density at radius 2 is 1.74 bits per heavy atom. The van der Waals surface area contributed by atoms with Crippen LogP contribution in [0.25, 0.3) is 16.7 Å². The number of rotatable bonds is 7. The van der Waals surface area contributed by atoms with Gasteiger partial charge in [0.05, 0.1) is 16.8 Å². The maximum Gasteiger partial charge on any atom is 0.317 e. The average Bonchev–Trinajstić information content (AvgIpc) is 3.10. The number of aryl methyl sites for hydroxylation is 2. The third-order valence-electron chi connectivity index (χ3n) is 7.17. The largest absolute Gasteiger partial charge is 0.354 e. The van der Waals surface area contributed by atoms with E-state index in [1.54, 1.807) is 16.8 Å². The molecule has 3 heterocycles. The van der Waals surface area contributed by atoms with Crippen molar-refractivity contribution in [2.24, 2.45) is 0 Å². The van der Waals surface area contributed by atoms with Gasteiger partial charge in [-0.3, -0.25) is 0 Å². The van der Waals surface area contributed by atoms with Crippen molar-refractivity contribution in [1.82, 2.24) is 30.0 Å². The van der Waals surface area contributed by atoms with Crippen LogP contribution in [0.2, 0.25) is 0 Å². The molecule has 0 saturated carbocycles. The molecule has 0 unspecified atom stereocenters. The fourth-order valence-electron chi connectivity index (χ4n) is 4.98. The van der Waals surface area contributed by atoms with E-state index in [1.165, 1.54) is 17.7 Å². The minimum atomic E-state index is -0.296. The van der Waals surface area contributed by atoms with Gasteiger partial charge in [-0.05, 0) is 56.5 Å². The summed E-state index contributed by atoms with van der Waals surface area (Å²) < 4.78 is 15.5. The molecule has 1 aliphatic heterocycles. The van der Waals surface area contributed by atoms with Crippen LogP contribution in [0.5, 0.6) is 0 Å².